The zero-order valence-electron chi connectivity index (χ0n) is 22.5. The molecule has 13 heteroatoms. The summed E-state index contributed by atoms with van der Waals surface area (Å²) in [5.41, 5.74) is 1.76. The molecule has 5 rings (SSSR count). The average Bonchev–Trinajstić information content (AvgIpc) is 3.70. The maximum atomic E-state index is 13.4. The molecular formula is C27H33N7O6. The van der Waals surface area contributed by atoms with Crippen LogP contribution in [0.5, 0.6) is 0 Å². The number of nitrogens with one attached hydrogen (secondary N) is 2. The predicted octanol–water partition coefficient (Wildman–Crippen LogP) is 2.39. The summed E-state index contributed by atoms with van der Waals surface area (Å²) in [4.78, 5) is 52.4. The maximum absolute atomic E-state index is 13.4. The minimum atomic E-state index is -0.664. The highest BCUT2D eigenvalue weighted by Gasteiger charge is 2.42. The van der Waals surface area contributed by atoms with Crippen LogP contribution in [0, 0.1) is 0 Å². The number of benzene rings is 1. The Bertz CT molecular complexity index is 1350. The van der Waals surface area contributed by atoms with Gasteiger partial charge in [0.1, 0.15) is 18.5 Å². The third-order valence-corrected chi connectivity index (χ3v) is 6.94. The average molecular weight is 552 g/mol. The number of ether oxygens (including phenoxy) is 3. The maximum Gasteiger partial charge on any atom is 0.328 e. The molecule has 2 aliphatic rings. The Kier molecular flexibility index (Phi) is 8.51. The molecule has 2 saturated heterocycles. The highest BCUT2D eigenvalue weighted by atomic mass is 16.7. The van der Waals surface area contributed by atoms with Gasteiger partial charge in [0.25, 0.3) is 0 Å². The van der Waals surface area contributed by atoms with Crippen LogP contribution in [0.3, 0.4) is 0 Å². The molecule has 0 bridgehead atoms. The molecule has 0 aliphatic carbocycles. The zero-order chi connectivity index (χ0) is 28.1. The predicted molar refractivity (Wildman–Crippen MR) is 143 cm³/mol. The van der Waals surface area contributed by atoms with Crippen LogP contribution in [0.2, 0.25) is 0 Å². The second-order valence-corrected chi connectivity index (χ2v) is 9.57. The summed E-state index contributed by atoms with van der Waals surface area (Å²) in [5, 5.41) is 5.35. The summed E-state index contributed by atoms with van der Waals surface area (Å²) in [5.74, 6) is -0.280. The van der Waals surface area contributed by atoms with Gasteiger partial charge in [-0.25, -0.2) is 24.5 Å². The van der Waals surface area contributed by atoms with Crippen molar-refractivity contribution >= 4 is 34.9 Å². The van der Waals surface area contributed by atoms with E-state index in [0.717, 1.165) is 12.0 Å². The van der Waals surface area contributed by atoms with E-state index in [4.69, 9.17) is 14.2 Å². The largest absolute Gasteiger partial charge is 0.464 e. The third kappa shape index (κ3) is 5.89. The number of anilines is 1. The van der Waals surface area contributed by atoms with E-state index in [2.05, 4.69) is 25.6 Å². The molecule has 3 amide bonds. The van der Waals surface area contributed by atoms with Crippen LogP contribution in [-0.4, -0.2) is 80.3 Å². The molecule has 2 aromatic heterocycles. The smallest absolute Gasteiger partial charge is 0.328 e. The first-order chi connectivity index (χ1) is 19.5. The van der Waals surface area contributed by atoms with E-state index < -0.39 is 30.6 Å². The molecule has 13 nitrogen and oxygen atoms in total. The van der Waals surface area contributed by atoms with Gasteiger partial charge in [-0.3, -0.25) is 10.1 Å². The summed E-state index contributed by atoms with van der Waals surface area (Å²) in [6.07, 6.45) is 2.52. The van der Waals surface area contributed by atoms with Crippen LogP contribution in [0.25, 0.3) is 11.2 Å². The van der Waals surface area contributed by atoms with Gasteiger partial charge >= 0.3 is 12.0 Å². The number of amides is 3. The fourth-order valence-corrected chi connectivity index (χ4v) is 5.08. The monoisotopic (exact) mass is 551 g/mol. The molecule has 0 spiro atoms. The van der Waals surface area contributed by atoms with Crippen LogP contribution in [0.15, 0.2) is 43.0 Å². The fourth-order valence-electron chi connectivity index (χ4n) is 5.08. The summed E-state index contributed by atoms with van der Waals surface area (Å²) in [6.45, 7) is 5.08. The Morgan fingerprint density at radius 2 is 1.88 bits per heavy atom. The lowest BCUT2D eigenvalue weighted by Crippen LogP contribution is -2.43. The number of nitrogens with zero attached hydrogens (tertiary/aromatic N) is 5. The number of fused-ring (bicyclic) bond motifs is 1. The van der Waals surface area contributed by atoms with E-state index in [1.54, 1.807) is 22.7 Å². The quantitative estimate of drug-likeness (QED) is 0.382. The number of hydrogen-bond acceptors (Lipinski definition) is 9. The zero-order valence-corrected chi connectivity index (χ0v) is 22.5. The number of esters is 1. The summed E-state index contributed by atoms with van der Waals surface area (Å²) in [6, 6.07) is 8.54. The van der Waals surface area contributed by atoms with Gasteiger partial charge in [-0.15, -0.1) is 0 Å². The van der Waals surface area contributed by atoms with Crippen molar-refractivity contribution in [2.24, 2.45) is 0 Å². The molecule has 0 saturated carbocycles. The van der Waals surface area contributed by atoms with Crippen molar-refractivity contribution in [1.29, 1.82) is 0 Å². The summed E-state index contributed by atoms with van der Waals surface area (Å²) >= 11 is 0. The normalized spacial score (nSPS) is 22.4. The fraction of sp³-hybridized carbons (Fsp3) is 0.481. The van der Waals surface area contributed by atoms with Crippen molar-refractivity contribution in [3.8, 4) is 0 Å². The van der Waals surface area contributed by atoms with Crippen molar-refractivity contribution in [2.75, 3.05) is 25.0 Å². The number of aromatic nitrogens is 4. The Labute approximate surface area is 231 Å². The van der Waals surface area contributed by atoms with Crippen molar-refractivity contribution < 1.29 is 28.6 Å². The molecule has 0 radical (unpaired) electrons. The molecule has 4 atom stereocenters. The van der Waals surface area contributed by atoms with Gasteiger partial charge in [-0.05, 0) is 26.7 Å². The van der Waals surface area contributed by atoms with E-state index in [0.29, 0.717) is 30.7 Å². The molecule has 2 fully saturated rings. The number of rotatable bonds is 9. The molecule has 4 heterocycles. The molecule has 212 valence electrons. The van der Waals surface area contributed by atoms with Crippen molar-refractivity contribution in [1.82, 2.24) is 29.7 Å². The van der Waals surface area contributed by atoms with Gasteiger partial charge in [0, 0.05) is 18.7 Å². The van der Waals surface area contributed by atoms with E-state index in [-0.39, 0.29) is 37.3 Å². The van der Waals surface area contributed by atoms with Gasteiger partial charge in [0.15, 0.2) is 23.3 Å². The number of hydrogen-bond donors (Lipinski definition) is 2. The first kappa shape index (κ1) is 27.5. The molecule has 40 heavy (non-hydrogen) atoms. The molecule has 2 aliphatic heterocycles. The topological polar surface area (TPSA) is 150 Å². The summed E-state index contributed by atoms with van der Waals surface area (Å²) in [7, 11) is 0. The first-order valence-corrected chi connectivity index (χ1v) is 13.5. The highest BCUT2D eigenvalue weighted by Crippen LogP contribution is 2.35. The molecule has 3 aromatic rings. The Morgan fingerprint density at radius 1 is 1.07 bits per heavy atom. The number of carbonyl (C=O) groups excluding carboxylic acids is 3. The van der Waals surface area contributed by atoms with Crippen molar-refractivity contribution in [2.45, 2.75) is 64.2 Å². The number of carbonyl (C=O) groups is 3. The third-order valence-electron chi connectivity index (χ3n) is 6.94. The second-order valence-electron chi connectivity index (χ2n) is 9.57. The minimum absolute atomic E-state index is 0.0372. The van der Waals surface area contributed by atoms with E-state index in [1.165, 1.54) is 6.33 Å². The number of imidazole rings is 1. The number of urea groups is 1. The van der Waals surface area contributed by atoms with Crippen LogP contribution in [0.1, 0.15) is 45.0 Å². The van der Waals surface area contributed by atoms with Gasteiger partial charge in [-0.1, -0.05) is 30.3 Å². The van der Waals surface area contributed by atoms with Gasteiger partial charge in [0.05, 0.1) is 32.0 Å². The van der Waals surface area contributed by atoms with Gasteiger partial charge in [-0.2, -0.15) is 0 Å². The standard InChI is InChI=1S/C27H33N7O6/c1-3-28-27(37)32-23-22-24(30-15-29-23)33(16-31-22)14-20-19(39-26(40-20)17-9-6-5-7-10-17)13-21(35)34-12-8-11-18(34)25(36)38-4-2/h5-7,9-10,15-16,18-20,26H,3-4,8,11-14H2,1-2H3,(H2,28,29,30,32,37)/t18-,19?,20?,26+/m1/s1. The van der Waals surface area contributed by atoms with E-state index in [9.17, 15) is 14.4 Å². The lowest BCUT2D eigenvalue weighted by molar-refractivity contribution is -0.153. The molecular weight excluding hydrogens is 518 g/mol. The van der Waals surface area contributed by atoms with Crippen LogP contribution < -0.4 is 10.6 Å². The van der Waals surface area contributed by atoms with Crippen LogP contribution >= 0.6 is 0 Å². The Morgan fingerprint density at radius 3 is 2.65 bits per heavy atom. The second kappa shape index (κ2) is 12.4. The van der Waals surface area contributed by atoms with Gasteiger partial charge < -0.3 is 29.0 Å². The van der Waals surface area contributed by atoms with Crippen molar-refractivity contribution in [3.05, 3.63) is 48.5 Å². The number of likely N-dealkylation sites (tertiary alicyclic amines) is 1. The van der Waals surface area contributed by atoms with E-state index in [1.807, 2.05) is 37.3 Å². The highest BCUT2D eigenvalue weighted by molar-refractivity contribution is 5.95. The summed E-state index contributed by atoms with van der Waals surface area (Å²) < 4.78 is 19.6. The lowest BCUT2D eigenvalue weighted by atomic mass is 10.1. The van der Waals surface area contributed by atoms with Crippen LogP contribution in [0.4, 0.5) is 10.6 Å². The first-order valence-electron chi connectivity index (χ1n) is 13.5. The molecule has 1 aromatic carbocycles. The Balaban J connectivity index is 1.36. The Hall–Kier alpha value is -4.10. The lowest BCUT2D eigenvalue weighted by Gasteiger charge is -2.25. The molecule has 2 unspecified atom stereocenters. The van der Waals surface area contributed by atoms with E-state index >= 15 is 0 Å². The van der Waals surface area contributed by atoms with Gasteiger partial charge in [0.2, 0.25) is 5.91 Å². The SMILES string of the molecule is CCNC(=O)Nc1ncnc2c1ncn2CC1O[C@@H](c2ccccc2)OC1CC(=O)N1CCC[C@@H]1C(=O)OCC. The molecule has 2 N–H and O–H groups in total. The van der Waals surface area contributed by atoms with Crippen LogP contribution in [-0.2, 0) is 30.3 Å². The van der Waals surface area contributed by atoms with Crippen molar-refractivity contribution in [3.63, 3.8) is 0 Å². The minimum Gasteiger partial charge on any atom is -0.464 e.